The predicted molar refractivity (Wildman–Crippen MR) is 62.4 cm³/mol. The second kappa shape index (κ2) is 5.05. The van der Waals surface area contributed by atoms with Crippen LogP contribution in [0.25, 0.3) is 5.57 Å². The minimum atomic E-state index is 0.739. The Kier molecular flexibility index (Phi) is 4.01. The number of hydrogen-bond donors (Lipinski definition) is 0. The fourth-order valence-corrected chi connectivity index (χ4v) is 1.41. The van der Waals surface area contributed by atoms with Crippen LogP contribution in [0.1, 0.15) is 5.56 Å². The fraction of sp³-hybridized carbons (Fsp3) is 0.273. The highest BCUT2D eigenvalue weighted by Crippen LogP contribution is 2.26. The van der Waals surface area contributed by atoms with Crippen molar-refractivity contribution in [3.05, 3.63) is 30.3 Å². The smallest absolute Gasteiger partial charge is 0.123 e. The molecule has 0 saturated carbocycles. The summed E-state index contributed by atoms with van der Waals surface area (Å²) in [7, 11) is 3.27. The molecule has 0 aromatic heterocycles. The van der Waals surface area contributed by atoms with Crippen molar-refractivity contribution in [2.45, 2.75) is 0 Å². The zero-order chi connectivity index (χ0) is 10.6. The normalized spacial score (nSPS) is 9.64. The van der Waals surface area contributed by atoms with Gasteiger partial charge in [0, 0.05) is 11.4 Å². The van der Waals surface area contributed by atoms with E-state index in [4.69, 9.17) is 9.47 Å². The van der Waals surface area contributed by atoms with Crippen molar-refractivity contribution in [3.8, 4) is 11.5 Å². The van der Waals surface area contributed by atoms with Gasteiger partial charge in [-0.25, -0.2) is 0 Å². The maximum absolute atomic E-state index is 5.16. The number of allylic oxidation sites excluding steroid dienone is 1. The molecule has 76 valence electrons. The summed E-state index contributed by atoms with van der Waals surface area (Å²) in [6.45, 7) is 3.94. The molecule has 0 radical (unpaired) electrons. The minimum Gasteiger partial charge on any atom is -0.497 e. The third kappa shape index (κ3) is 2.51. The quantitative estimate of drug-likeness (QED) is 0.771. The van der Waals surface area contributed by atoms with E-state index in [1.807, 2.05) is 18.2 Å². The molecule has 3 heteroatoms. The van der Waals surface area contributed by atoms with Gasteiger partial charge in [0.25, 0.3) is 0 Å². The molecule has 0 fully saturated rings. The molecule has 14 heavy (non-hydrogen) atoms. The lowest BCUT2D eigenvalue weighted by atomic mass is 10.1. The van der Waals surface area contributed by atoms with E-state index in [1.54, 1.807) is 14.2 Å². The molecule has 0 unspecified atom stereocenters. The molecule has 2 nitrogen and oxygen atoms in total. The van der Waals surface area contributed by atoms with Crippen molar-refractivity contribution >= 4 is 21.5 Å². The maximum Gasteiger partial charge on any atom is 0.123 e. The Morgan fingerprint density at radius 1 is 1.21 bits per heavy atom. The molecule has 1 aromatic carbocycles. The molecule has 1 rings (SSSR count). The first-order valence-electron chi connectivity index (χ1n) is 4.18. The van der Waals surface area contributed by atoms with Crippen LogP contribution in [-0.4, -0.2) is 19.5 Å². The molecule has 0 spiro atoms. The molecule has 0 saturated heterocycles. The van der Waals surface area contributed by atoms with E-state index >= 15 is 0 Å². The Morgan fingerprint density at radius 3 is 2.07 bits per heavy atom. The summed E-state index contributed by atoms with van der Waals surface area (Å²) >= 11 is 3.36. The number of ether oxygens (including phenoxy) is 2. The first-order chi connectivity index (χ1) is 6.71. The Bertz CT molecular complexity index is 312. The average Bonchev–Trinajstić information content (AvgIpc) is 2.27. The van der Waals surface area contributed by atoms with Crippen molar-refractivity contribution in [1.29, 1.82) is 0 Å². The Morgan fingerprint density at radius 2 is 1.71 bits per heavy atom. The number of benzene rings is 1. The standard InChI is InChI=1S/C11H13BrO2/c1-8(7-12)9-4-10(13-2)6-11(5-9)14-3/h4-6H,1,7H2,2-3H3. The number of rotatable bonds is 4. The van der Waals surface area contributed by atoms with Crippen LogP contribution in [0.4, 0.5) is 0 Å². The van der Waals surface area contributed by atoms with Crippen molar-refractivity contribution in [2.24, 2.45) is 0 Å². The molecule has 0 heterocycles. The lowest BCUT2D eigenvalue weighted by Gasteiger charge is -2.08. The molecule has 0 aliphatic heterocycles. The fourth-order valence-electron chi connectivity index (χ4n) is 1.09. The van der Waals surface area contributed by atoms with E-state index in [-0.39, 0.29) is 0 Å². The van der Waals surface area contributed by atoms with Crippen LogP contribution in [-0.2, 0) is 0 Å². The third-order valence-electron chi connectivity index (χ3n) is 1.92. The first-order valence-corrected chi connectivity index (χ1v) is 5.30. The van der Waals surface area contributed by atoms with E-state index in [1.165, 1.54) is 0 Å². The monoisotopic (exact) mass is 256 g/mol. The highest BCUT2D eigenvalue weighted by molar-refractivity contribution is 9.09. The van der Waals surface area contributed by atoms with E-state index in [0.717, 1.165) is 28.0 Å². The van der Waals surface area contributed by atoms with Gasteiger partial charge in [0.2, 0.25) is 0 Å². The summed E-state index contributed by atoms with van der Waals surface area (Å²) in [6, 6.07) is 5.71. The number of hydrogen-bond acceptors (Lipinski definition) is 2. The highest BCUT2D eigenvalue weighted by atomic mass is 79.9. The largest absolute Gasteiger partial charge is 0.497 e. The van der Waals surface area contributed by atoms with Gasteiger partial charge < -0.3 is 9.47 Å². The summed E-state index contributed by atoms with van der Waals surface area (Å²) in [5.41, 5.74) is 2.03. The molecule has 0 N–H and O–H groups in total. The minimum absolute atomic E-state index is 0.739. The lowest BCUT2D eigenvalue weighted by Crippen LogP contribution is -1.91. The second-order valence-electron chi connectivity index (χ2n) is 2.84. The van der Waals surface area contributed by atoms with Crippen LogP contribution in [0.15, 0.2) is 24.8 Å². The second-order valence-corrected chi connectivity index (χ2v) is 3.40. The molecule has 0 aliphatic rings. The molecular formula is C11H13BrO2. The zero-order valence-electron chi connectivity index (χ0n) is 8.34. The van der Waals surface area contributed by atoms with Gasteiger partial charge in [-0.3, -0.25) is 0 Å². The molecule has 0 bridgehead atoms. The van der Waals surface area contributed by atoms with Crippen LogP contribution in [0, 0.1) is 0 Å². The lowest BCUT2D eigenvalue weighted by molar-refractivity contribution is 0.394. The average molecular weight is 257 g/mol. The Balaban J connectivity index is 3.10. The van der Waals surface area contributed by atoms with Crippen molar-refractivity contribution in [2.75, 3.05) is 19.5 Å². The van der Waals surface area contributed by atoms with Crippen molar-refractivity contribution in [1.82, 2.24) is 0 Å². The molecule has 1 aromatic rings. The van der Waals surface area contributed by atoms with Gasteiger partial charge in [-0.2, -0.15) is 0 Å². The highest BCUT2D eigenvalue weighted by Gasteiger charge is 2.03. The van der Waals surface area contributed by atoms with Gasteiger partial charge in [-0.05, 0) is 23.3 Å². The molecule has 0 atom stereocenters. The Hall–Kier alpha value is -0.960. The number of alkyl halides is 1. The van der Waals surface area contributed by atoms with Crippen LogP contribution >= 0.6 is 15.9 Å². The summed E-state index contributed by atoms with van der Waals surface area (Å²) < 4.78 is 10.3. The first kappa shape index (κ1) is 11.1. The van der Waals surface area contributed by atoms with E-state index in [2.05, 4.69) is 22.5 Å². The van der Waals surface area contributed by atoms with Gasteiger partial charge >= 0.3 is 0 Å². The third-order valence-corrected chi connectivity index (χ3v) is 2.60. The van der Waals surface area contributed by atoms with Crippen LogP contribution in [0.5, 0.6) is 11.5 Å². The van der Waals surface area contributed by atoms with Gasteiger partial charge in [0.05, 0.1) is 14.2 Å². The van der Waals surface area contributed by atoms with E-state index in [0.29, 0.717) is 0 Å². The summed E-state index contributed by atoms with van der Waals surface area (Å²) in [5, 5.41) is 0.739. The van der Waals surface area contributed by atoms with Crippen LogP contribution in [0.3, 0.4) is 0 Å². The molecule has 0 aliphatic carbocycles. The van der Waals surface area contributed by atoms with Gasteiger partial charge in [-0.15, -0.1) is 0 Å². The van der Waals surface area contributed by atoms with Crippen LogP contribution in [0.2, 0.25) is 0 Å². The van der Waals surface area contributed by atoms with Crippen molar-refractivity contribution in [3.63, 3.8) is 0 Å². The topological polar surface area (TPSA) is 18.5 Å². The maximum atomic E-state index is 5.16. The van der Waals surface area contributed by atoms with Gasteiger partial charge in [-0.1, -0.05) is 22.5 Å². The molecule has 0 amide bonds. The summed E-state index contributed by atoms with van der Waals surface area (Å²) in [6.07, 6.45) is 0. The van der Waals surface area contributed by atoms with Crippen LogP contribution < -0.4 is 9.47 Å². The SMILES string of the molecule is C=C(CBr)c1cc(OC)cc(OC)c1. The van der Waals surface area contributed by atoms with E-state index < -0.39 is 0 Å². The number of halogens is 1. The number of methoxy groups -OCH3 is 2. The zero-order valence-corrected chi connectivity index (χ0v) is 9.93. The molecular weight excluding hydrogens is 244 g/mol. The predicted octanol–water partition coefficient (Wildman–Crippen LogP) is 3.11. The van der Waals surface area contributed by atoms with Gasteiger partial charge in [0.15, 0.2) is 0 Å². The Labute approximate surface area is 92.7 Å². The van der Waals surface area contributed by atoms with Crippen molar-refractivity contribution < 1.29 is 9.47 Å². The van der Waals surface area contributed by atoms with E-state index in [9.17, 15) is 0 Å². The summed E-state index contributed by atoms with van der Waals surface area (Å²) in [4.78, 5) is 0. The summed E-state index contributed by atoms with van der Waals surface area (Å²) in [5.74, 6) is 1.56. The van der Waals surface area contributed by atoms with Gasteiger partial charge in [0.1, 0.15) is 11.5 Å².